The Hall–Kier alpha value is -2.19. The van der Waals surface area contributed by atoms with Crippen molar-refractivity contribution in [3.05, 3.63) is 53.5 Å². The number of ether oxygens (including phenoxy) is 1. The van der Waals surface area contributed by atoms with E-state index >= 15 is 0 Å². The fraction of sp³-hybridized carbons (Fsp3) is 0. The number of phenolic OH excluding ortho intramolecular Hbond substituents is 1. The molecule has 0 atom stereocenters. The number of pyridine rings is 1. The maximum Gasteiger partial charge on any atom is 0.340 e. The van der Waals surface area contributed by atoms with Crippen LogP contribution in [0.1, 0.15) is 0 Å². The van der Waals surface area contributed by atoms with Gasteiger partial charge in [-0.2, -0.15) is 8.42 Å². The van der Waals surface area contributed by atoms with Gasteiger partial charge in [0, 0.05) is 17.0 Å². The van der Waals surface area contributed by atoms with Gasteiger partial charge in [-0.25, -0.2) is 0 Å². The minimum atomic E-state index is -4.06. The predicted octanol–water partition coefficient (Wildman–Crippen LogP) is 2.68. The molecule has 0 unspecified atom stereocenters. The zero-order chi connectivity index (χ0) is 14.9. The molecule has 0 fully saturated rings. The van der Waals surface area contributed by atoms with E-state index in [0.29, 0.717) is 0 Å². The first-order valence-corrected chi connectivity index (χ1v) is 8.05. The molecule has 3 rings (SSSR count). The van der Waals surface area contributed by atoms with Crippen LogP contribution >= 0.6 is 11.8 Å². The van der Waals surface area contributed by atoms with E-state index in [-0.39, 0.29) is 26.6 Å². The van der Waals surface area contributed by atoms with Gasteiger partial charge >= 0.3 is 10.1 Å². The molecule has 0 saturated heterocycles. The maximum absolute atomic E-state index is 12.4. The quantitative estimate of drug-likeness (QED) is 0.869. The molecule has 2 aromatic rings. The summed E-state index contributed by atoms with van der Waals surface area (Å²) in [6, 6.07) is 5.68. The van der Waals surface area contributed by atoms with Gasteiger partial charge < -0.3 is 14.0 Å². The average Bonchev–Trinajstić information content (AvgIpc) is 2.48. The summed E-state index contributed by atoms with van der Waals surface area (Å²) in [5, 5.41) is 11.7. The average molecular weight is 323 g/mol. The van der Waals surface area contributed by atoms with Crippen molar-refractivity contribution in [2.24, 2.45) is 0 Å². The molecule has 21 heavy (non-hydrogen) atoms. The van der Waals surface area contributed by atoms with Crippen LogP contribution < -0.4 is 0 Å². The summed E-state index contributed by atoms with van der Waals surface area (Å²) in [6.45, 7) is 0. The van der Waals surface area contributed by atoms with Crippen LogP contribution in [0.25, 0.3) is 10.9 Å². The lowest BCUT2D eigenvalue weighted by Crippen LogP contribution is -2.06. The van der Waals surface area contributed by atoms with Gasteiger partial charge in [-0.1, -0.05) is 11.8 Å². The third kappa shape index (κ3) is 2.67. The van der Waals surface area contributed by atoms with Crippen molar-refractivity contribution in [3.8, 4) is 5.75 Å². The lowest BCUT2D eigenvalue weighted by atomic mass is 10.2. The fourth-order valence-corrected chi connectivity index (χ4v) is 3.60. The van der Waals surface area contributed by atoms with E-state index in [0.717, 1.165) is 11.8 Å². The summed E-state index contributed by atoms with van der Waals surface area (Å²) < 4.78 is 34.6. The van der Waals surface area contributed by atoms with E-state index in [1.54, 1.807) is 17.5 Å². The maximum atomic E-state index is 12.4. The van der Waals surface area contributed by atoms with E-state index in [9.17, 15) is 13.5 Å². The molecule has 108 valence electrons. The lowest BCUT2D eigenvalue weighted by molar-refractivity contribution is 0.361. The van der Waals surface area contributed by atoms with Crippen molar-refractivity contribution in [3.63, 3.8) is 0 Å². The van der Waals surface area contributed by atoms with Crippen LogP contribution in [-0.2, 0) is 19.0 Å². The monoisotopic (exact) mass is 323 g/mol. The van der Waals surface area contributed by atoms with Gasteiger partial charge in [-0.05, 0) is 24.3 Å². The summed E-state index contributed by atoms with van der Waals surface area (Å²) in [6.07, 6.45) is 4.07. The zero-order valence-electron chi connectivity index (χ0n) is 10.5. The van der Waals surface area contributed by atoms with E-state index in [1.807, 2.05) is 0 Å². The van der Waals surface area contributed by atoms with Crippen molar-refractivity contribution in [1.82, 2.24) is 4.98 Å². The molecule has 0 amide bonds. The SMILES string of the molecule is O=S(=O)(OC1=COC=CS1)c1ccc(O)c2ncccc12. The summed E-state index contributed by atoms with van der Waals surface area (Å²) in [4.78, 5) is 3.91. The summed E-state index contributed by atoms with van der Waals surface area (Å²) in [5.41, 5.74) is 0.198. The summed E-state index contributed by atoms with van der Waals surface area (Å²) in [5.74, 6) is -0.0953. The number of phenols is 1. The number of benzene rings is 1. The molecule has 1 N–H and O–H groups in total. The molecule has 0 radical (unpaired) electrons. The number of hydrogen-bond donors (Lipinski definition) is 1. The highest BCUT2D eigenvalue weighted by molar-refractivity contribution is 8.06. The number of hydrogen-bond acceptors (Lipinski definition) is 7. The second-order valence-electron chi connectivity index (χ2n) is 3.98. The molecule has 0 saturated carbocycles. The number of thioether (sulfide) groups is 1. The number of aromatic nitrogens is 1. The molecular weight excluding hydrogens is 314 g/mol. The third-order valence-corrected chi connectivity index (χ3v) is 4.71. The van der Waals surface area contributed by atoms with Gasteiger partial charge in [0.25, 0.3) is 0 Å². The van der Waals surface area contributed by atoms with Gasteiger partial charge in [0.05, 0.1) is 6.26 Å². The van der Waals surface area contributed by atoms with Gasteiger partial charge in [-0.15, -0.1) is 0 Å². The van der Waals surface area contributed by atoms with Gasteiger partial charge in [-0.3, -0.25) is 4.98 Å². The van der Waals surface area contributed by atoms with Crippen LogP contribution in [0.5, 0.6) is 5.75 Å². The largest absolute Gasteiger partial charge is 0.506 e. The van der Waals surface area contributed by atoms with E-state index in [1.165, 1.54) is 30.9 Å². The highest BCUT2D eigenvalue weighted by atomic mass is 32.2. The Morgan fingerprint density at radius 1 is 1.29 bits per heavy atom. The lowest BCUT2D eigenvalue weighted by Gasteiger charge is -2.12. The van der Waals surface area contributed by atoms with Crippen molar-refractivity contribution in [1.29, 1.82) is 0 Å². The first-order chi connectivity index (χ1) is 10.1. The Morgan fingerprint density at radius 2 is 2.14 bits per heavy atom. The highest BCUT2D eigenvalue weighted by Crippen LogP contribution is 2.32. The molecule has 1 aliphatic heterocycles. The molecule has 0 aliphatic carbocycles. The van der Waals surface area contributed by atoms with Crippen LogP contribution in [0, 0.1) is 0 Å². The van der Waals surface area contributed by atoms with E-state index in [2.05, 4.69) is 4.98 Å². The van der Waals surface area contributed by atoms with E-state index in [4.69, 9.17) is 8.92 Å². The summed E-state index contributed by atoms with van der Waals surface area (Å²) >= 11 is 1.08. The predicted molar refractivity (Wildman–Crippen MR) is 77.6 cm³/mol. The highest BCUT2D eigenvalue weighted by Gasteiger charge is 2.23. The molecule has 1 aliphatic rings. The normalized spacial score (nSPS) is 14.6. The van der Waals surface area contributed by atoms with Crippen LogP contribution in [0.15, 0.2) is 58.4 Å². The Morgan fingerprint density at radius 3 is 2.90 bits per heavy atom. The Labute approximate surface area is 124 Å². The Kier molecular flexibility index (Phi) is 3.48. The Bertz CT molecular complexity index is 858. The molecule has 1 aromatic heterocycles. The zero-order valence-corrected chi connectivity index (χ0v) is 12.1. The van der Waals surface area contributed by atoms with Crippen molar-refractivity contribution >= 4 is 32.8 Å². The smallest absolute Gasteiger partial charge is 0.340 e. The molecule has 6 nitrogen and oxygen atoms in total. The first-order valence-electron chi connectivity index (χ1n) is 5.76. The number of aromatic hydroxyl groups is 1. The first kappa shape index (κ1) is 13.8. The standard InChI is InChI=1S/C13H9NO5S2/c15-10-3-4-11(9-2-1-5-14-13(9)10)21(16,17)19-12-8-18-6-7-20-12/h1-8,15H. The molecule has 8 heteroatoms. The summed E-state index contributed by atoms with van der Waals surface area (Å²) in [7, 11) is -4.06. The number of nitrogens with zero attached hydrogens (tertiary/aromatic N) is 1. The molecule has 0 bridgehead atoms. The topological polar surface area (TPSA) is 85.7 Å². The molecule has 1 aromatic carbocycles. The van der Waals surface area contributed by atoms with Gasteiger partial charge in [0.1, 0.15) is 22.4 Å². The minimum Gasteiger partial charge on any atom is -0.506 e. The molecular formula is C13H9NO5S2. The number of rotatable bonds is 3. The minimum absolute atomic E-state index is 0.0700. The van der Waals surface area contributed by atoms with Crippen molar-refractivity contribution in [2.75, 3.05) is 0 Å². The second kappa shape index (κ2) is 5.30. The van der Waals surface area contributed by atoms with Crippen molar-refractivity contribution < 1.29 is 22.4 Å². The second-order valence-corrected chi connectivity index (χ2v) is 6.41. The van der Waals surface area contributed by atoms with Crippen molar-refractivity contribution in [2.45, 2.75) is 4.90 Å². The third-order valence-electron chi connectivity index (χ3n) is 2.65. The van der Waals surface area contributed by atoms with Gasteiger partial charge in [0.2, 0.25) is 5.09 Å². The Balaban J connectivity index is 2.07. The van der Waals surface area contributed by atoms with Crippen LogP contribution in [0.4, 0.5) is 0 Å². The molecule has 2 heterocycles. The van der Waals surface area contributed by atoms with E-state index < -0.39 is 10.1 Å². The molecule has 0 spiro atoms. The van der Waals surface area contributed by atoms with Crippen LogP contribution in [0.2, 0.25) is 0 Å². The number of fused-ring (bicyclic) bond motifs is 1. The van der Waals surface area contributed by atoms with Crippen LogP contribution in [0.3, 0.4) is 0 Å². The van der Waals surface area contributed by atoms with Gasteiger partial charge in [0.15, 0.2) is 0 Å². The van der Waals surface area contributed by atoms with Crippen LogP contribution in [-0.4, -0.2) is 18.5 Å². The fourth-order valence-electron chi connectivity index (χ4n) is 1.79.